The normalized spacial score (nSPS) is 14.3. The number of ether oxygens (including phenoxy) is 1. The van der Waals surface area contributed by atoms with Gasteiger partial charge in [0.05, 0.1) is 0 Å². The maximum Gasteiger partial charge on any atom is 0.191 e. The summed E-state index contributed by atoms with van der Waals surface area (Å²) in [5, 5.41) is 6.65. The Morgan fingerprint density at radius 1 is 1.26 bits per heavy atom. The van der Waals surface area contributed by atoms with E-state index in [-0.39, 0.29) is 24.0 Å². The van der Waals surface area contributed by atoms with Gasteiger partial charge in [-0.2, -0.15) is 0 Å². The molecule has 23 heavy (non-hydrogen) atoms. The Hall–Kier alpha value is -0.470. The summed E-state index contributed by atoms with van der Waals surface area (Å²) in [5.41, 5.74) is 1.26. The van der Waals surface area contributed by atoms with E-state index in [0.29, 0.717) is 0 Å². The monoisotopic (exact) mass is 449 g/mol. The molecule has 1 aromatic rings. The zero-order chi connectivity index (χ0) is 15.6. The summed E-state index contributed by atoms with van der Waals surface area (Å²) >= 11 is 1.76. The highest BCUT2D eigenvalue weighted by Gasteiger charge is 2.20. The summed E-state index contributed by atoms with van der Waals surface area (Å²) in [6.07, 6.45) is 5.81. The van der Waals surface area contributed by atoms with Gasteiger partial charge in [0.1, 0.15) is 0 Å². The Morgan fingerprint density at radius 3 is 2.61 bits per heavy atom. The minimum absolute atomic E-state index is 0. The van der Waals surface area contributed by atoms with Gasteiger partial charge in [-0.3, -0.25) is 4.99 Å². The third kappa shape index (κ3) is 8.81. The first kappa shape index (κ1) is 20.6. The van der Waals surface area contributed by atoms with E-state index in [1.165, 1.54) is 23.3 Å². The molecule has 1 aromatic carbocycles. The van der Waals surface area contributed by atoms with Crippen molar-refractivity contribution in [1.29, 1.82) is 0 Å². The molecule has 1 aliphatic rings. The topological polar surface area (TPSA) is 45.7 Å². The molecule has 0 amide bonds. The number of aliphatic imine (C=N–C) groups is 1. The molecule has 0 aromatic heterocycles. The van der Waals surface area contributed by atoms with Crippen LogP contribution < -0.4 is 10.6 Å². The lowest BCUT2D eigenvalue weighted by Crippen LogP contribution is -2.37. The van der Waals surface area contributed by atoms with E-state index in [9.17, 15) is 0 Å². The lowest BCUT2D eigenvalue weighted by Gasteiger charge is -2.12. The van der Waals surface area contributed by atoms with Gasteiger partial charge in [-0.25, -0.2) is 0 Å². The van der Waals surface area contributed by atoms with Gasteiger partial charge in [0, 0.05) is 38.2 Å². The lowest BCUT2D eigenvalue weighted by molar-refractivity contribution is 0.123. The molecule has 1 fully saturated rings. The van der Waals surface area contributed by atoms with Crippen molar-refractivity contribution >= 4 is 41.7 Å². The molecular weight excluding hydrogens is 421 g/mol. The molecule has 0 radical (unpaired) electrons. The molecule has 0 saturated heterocycles. The van der Waals surface area contributed by atoms with Crippen LogP contribution in [0.4, 0.5) is 0 Å². The Balaban J connectivity index is 0.00000264. The second-order valence-electron chi connectivity index (χ2n) is 5.57. The van der Waals surface area contributed by atoms with Gasteiger partial charge in [-0.1, -0.05) is 12.1 Å². The summed E-state index contributed by atoms with van der Waals surface area (Å²) in [6, 6.07) is 8.60. The fourth-order valence-corrected chi connectivity index (χ4v) is 2.47. The first-order valence-corrected chi connectivity index (χ1v) is 9.19. The van der Waals surface area contributed by atoms with Crippen LogP contribution in [0, 0.1) is 5.92 Å². The molecule has 0 atom stereocenters. The largest absolute Gasteiger partial charge is 0.381 e. The van der Waals surface area contributed by atoms with Crippen molar-refractivity contribution < 1.29 is 4.74 Å². The summed E-state index contributed by atoms with van der Waals surface area (Å²) in [5.74, 6) is 1.69. The minimum Gasteiger partial charge on any atom is -0.381 e. The van der Waals surface area contributed by atoms with Crippen molar-refractivity contribution in [2.24, 2.45) is 10.9 Å². The molecule has 0 unspecified atom stereocenters. The van der Waals surface area contributed by atoms with Crippen LogP contribution in [0.5, 0.6) is 0 Å². The molecule has 6 heteroatoms. The Labute approximate surface area is 161 Å². The maximum atomic E-state index is 5.62. The number of guanidine groups is 1. The highest BCUT2D eigenvalue weighted by molar-refractivity contribution is 14.0. The van der Waals surface area contributed by atoms with Crippen molar-refractivity contribution in [2.45, 2.75) is 30.7 Å². The predicted octanol–water partition coefficient (Wildman–Crippen LogP) is 3.51. The number of rotatable bonds is 9. The Kier molecular flexibility index (Phi) is 10.7. The fourth-order valence-electron chi connectivity index (χ4n) is 2.07. The number of nitrogens with one attached hydrogen (secondary N) is 2. The van der Waals surface area contributed by atoms with E-state index in [4.69, 9.17) is 4.74 Å². The number of benzene rings is 1. The molecule has 4 nitrogen and oxygen atoms in total. The van der Waals surface area contributed by atoms with Crippen LogP contribution in [0.15, 0.2) is 34.2 Å². The van der Waals surface area contributed by atoms with Crippen LogP contribution in [-0.4, -0.2) is 39.0 Å². The van der Waals surface area contributed by atoms with Crippen LogP contribution >= 0.6 is 35.7 Å². The highest BCUT2D eigenvalue weighted by atomic mass is 127. The van der Waals surface area contributed by atoms with Crippen LogP contribution in [0.3, 0.4) is 0 Å². The van der Waals surface area contributed by atoms with Crippen molar-refractivity contribution in [3.63, 3.8) is 0 Å². The molecule has 1 aliphatic carbocycles. The zero-order valence-electron chi connectivity index (χ0n) is 14.0. The predicted molar refractivity (Wildman–Crippen MR) is 110 cm³/mol. The Bertz CT molecular complexity index is 463. The molecule has 2 N–H and O–H groups in total. The van der Waals surface area contributed by atoms with Gasteiger partial charge in [0.15, 0.2) is 5.96 Å². The van der Waals surface area contributed by atoms with E-state index in [0.717, 1.165) is 44.6 Å². The standard InChI is InChI=1S/C17H27N3OS.HI/c1-18-17(19-10-3-11-21-13-15-4-5-15)20-12-14-6-8-16(22-2)9-7-14;/h6-9,15H,3-5,10-13H2,1-2H3,(H2,18,19,20);1H. The van der Waals surface area contributed by atoms with Crippen molar-refractivity contribution in [2.75, 3.05) is 33.1 Å². The Morgan fingerprint density at radius 2 is 2.00 bits per heavy atom. The first-order valence-electron chi connectivity index (χ1n) is 7.97. The van der Waals surface area contributed by atoms with Gasteiger partial charge in [-0.05, 0) is 49.1 Å². The van der Waals surface area contributed by atoms with E-state index in [1.807, 2.05) is 0 Å². The van der Waals surface area contributed by atoms with Crippen LogP contribution in [0.2, 0.25) is 0 Å². The second kappa shape index (κ2) is 12.0. The van der Waals surface area contributed by atoms with Crippen molar-refractivity contribution in [1.82, 2.24) is 10.6 Å². The third-order valence-electron chi connectivity index (χ3n) is 3.65. The lowest BCUT2D eigenvalue weighted by atomic mass is 10.2. The van der Waals surface area contributed by atoms with Crippen molar-refractivity contribution in [3.8, 4) is 0 Å². The average Bonchev–Trinajstić information content (AvgIpc) is 3.38. The van der Waals surface area contributed by atoms with Gasteiger partial charge >= 0.3 is 0 Å². The molecular formula is C17H28IN3OS. The minimum atomic E-state index is 0. The van der Waals surface area contributed by atoms with Crippen LogP contribution in [-0.2, 0) is 11.3 Å². The summed E-state index contributed by atoms with van der Waals surface area (Å²) in [6.45, 7) is 3.44. The van der Waals surface area contributed by atoms with E-state index in [1.54, 1.807) is 18.8 Å². The molecule has 0 heterocycles. The molecule has 1 saturated carbocycles. The number of hydrogen-bond acceptors (Lipinski definition) is 3. The van der Waals surface area contributed by atoms with Gasteiger partial charge in [0.2, 0.25) is 0 Å². The average molecular weight is 449 g/mol. The van der Waals surface area contributed by atoms with Crippen LogP contribution in [0.25, 0.3) is 0 Å². The first-order chi connectivity index (χ1) is 10.8. The second-order valence-corrected chi connectivity index (χ2v) is 6.45. The summed E-state index contributed by atoms with van der Waals surface area (Å²) < 4.78 is 5.62. The molecule has 130 valence electrons. The molecule has 0 aliphatic heterocycles. The number of hydrogen-bond donors (Lipinski definition) is 2. The number of thioether (sulfide) groups is 1. The van der Waals surface area contributed by atoms with Crippen molar-refractivity contribution in [3.05, 3.63) is 29.8 Å². The smallest absolute Gasteiger partial charge is 0.191 e. The van der Waals surface area contributed by atoms with E-state index < -0.39 is 0 Å². The number of nitrogens with zero attached hydrogens (tertiary/aromatic N) is 1. The van der Waals surface area contributed by atoms with Gasteiger partial charge < -0.3 is 15.4 Å². The summed E-state index contributed by atoms with van der Waals surface area (Å²) in [4.78, 5) is 5.53. The number of halogens is 1. The quantitative estimate of drug-likeness (QED) is 0.199. The maximum absolute atomic E-state index is 5.62. The van der Waals surface area contributed by atoms with Gasteiger partial charge in [-0.15, -0.1) is 35.7 Å². The fraction of sp³-hybridized carbons (Fsp3) is 0.588. The third-order valence-corrected chi connectivity index (χ3v) is 4.39. The van der Waals surface area contributed by atoms with Gasteiger partial charge in [0.25, 0.3) is 0 Å². The summed E-state index contributed by atoms with van der Waals surface area (Å²) in [7, 11) is 1.80. The van der Waals surface area contributed by atoms with Crippen LogP contribution in [0.1, 0.15) is 24.8 Å². The SMILES string of the molecule is CN=C(NCCCOCC1CC1)NCc1ccc(SC)cc1.I. The zero-order valence-corrected chi connectivity index (χ0v) is 17.2. The molecule has 2 rings (SSSR count). The van der Waals surface area contributed by atoms with E-state index in [2.05, 4.69) is 46.1 Å². The highest BCUT2D eigenvalue weighted by Crippen LogP contribution is 2.28. The molecule has 0 bridgehead atoms. The molecule has 0 spiro atoms. The van der Waals surface area contributed by atoms with E-state index >= 15 is 0 Å².